The summed E-state index contributed by atoms with van der Waals surface area (Å²) in [6.45, 7) is 1.94. The predicted octanol–water partition coefficient (Wildman–Crippen LogP) is 2.29. The van der Waals surface area contributed by atoms with E-state index in [1.54, 1.807) is 19.3 Å². The summed E-state index contributed by atoms with van der Waals surface area (Å²) in [6, 6.07) is 9.38. The molecule has 3 rings (SSSR count). The number of aryl methyl sites for hydroxylation is 1. The van der Waals surface area contributed by atoms with Crippen molar-refractivity contribution in [2.24, 2.45) is 0 Å². The number of carbonyl (C=O) groups is 1. The molecule has 0 bridgehead atoms. The lowest BCUT2D eigenvalue weighted by Gasteiger charge is -2.02. The Morgan fingerprint density at radius 3 is 2.85 bits per heavy atom. The van der Waals surface area contributed by atoms with Crippen LogP contribution in [-0.2, 0) is 0 Å². The number of pyridine rings is 1. The highest BCUT2D eigenvalue weighted by atomic mass is 16.1. The molecule has 100 valence electrons. The largest absolute Gasteiger partial charge is 0.355 e. The molecule has 0 saturated carbocycles. The fraction of sp³-hybridized carbons (Fsp3) is 0.133. The summed E-state index contributed by atoms with van der Waals surface area (Å²) in [5.41, 5.74) is 4.27. The Balaban J connectivity index is 2.19. The Bertz CT molecular complexity index is 791. The van der Waals surface area contributed by atoms with Crippen LogP contribution in [0.4, 0.5) is 0 Å². The van der Waals surface area contributed by atoms with Crippen LogP contribution in [0.25, 0.3) is 22.2 Å². The maximum Gasteiger partial charge on any atom is 0.251 e. The molecule has 2 N–H and O–H groups in total. The Morgan fingerprint density at radius 2 is 2.10 bits per heavy atom. The van der Waals surface area contributed by atoms with Crippen LogP contribution in [-0.4, -0.2) is 28.1 Å². The van der Waals surface area contributed by atoms with Gasteiger partial charge in [-0.3, -0.25) is 14.9 Å². The third-order valence-electron chi connectivity index (χ3n) is 3.22. The van der Waals surface area contributed by atoms with Crippen molar-refractivity contribution >= 4 is 16.8 Å². The Labute approximate surface area is 116 Å². The fourth-order valence-corrected chi connectivity index (χ4v) is 2.21. The molecule has 0 fully saturated rings. The number of nitrogens with one attached hydrogen (secondary N) is 2. The summed E-state index contributed by atoms with van der Waals surface area (Å²) in [4.78, 5) is 15.9. The lowest BCUT2D eigenvalue weighted by Crippen LogP contribution is -2.17. The zero-order chi connectivity index (χ0) is 14.1. The van der Waals surface area contributed by atoms with Gasteiger partial charge in [0.2, 0.25) is 0 Å². The van der Waals surface area contributed by atoms with Crippen molar-refractivity contribution in [1.29, 1.82) is 0 Å². The molecule has 5 heteroatoms. The summed E-state index contributed by atoms with van der Waals surface area (Å²) in [7, 11) is 1.62. The average Bonchev–Trinajstić information content (AvgIpc) is 2.89. The molecule has 0 unspecified atom stereocenters. The maximum absolute atomic E-state index is 11.7. The Morgan fingerprint density at radius 1 is 1.25 bits per heavy atom. The molecular formula is C15H14N4O. The van der Waals surface area contributed by atoms with Gasteiger partial charge in [0, 0.05) is 35.5 Å². The van der Waals surface area contributed by atoms with Crippen LogP contribution in [0, 0.1) is 6.92 Å². The SMILES string of the molecule is CNC(=O)c1ccc2[nH]nc(-c3ccnc(C)c3)c2c1. The molecule has 0 aliphatic heterocycles. The number of nitrogens with zero attached hydrogens (tertiary/aromatic N) is 2. The molecule has 2 heterocycles. The molecule has 0 radical (unpaired) electrons. The molecule has 3 aromatic rings. The first-order valence-electron chi connectivity index (χ1n) is 6.32. The van der Waals surface area contributed by atoms with Gasteiger partial charge in [-0.2, -0.15) is 5.10 Å². The standard InChI is InChI=1S/C15H14N4O/c1-9-7-10(5-6-17-9)14-12-8-11(15(20)16-2)3-4-13(12)18-19-14/h3-8H,1-2H3,(H,16,20)(H,18,19). The molecule has 0 aliphatic rings. The molecule has 5 nitrogen and oxygen atoms in total. The van der Waals surface area contributed by atoms with Crippen molar-refractivity contribution in [2.45, 2.75) is 6.92 Å². The first kappa shape index (κ1) is 12.3. The smallest absolute Gasteiger partial charge is 0.251 e. The fourth-order valence-electron chi connectivity index (χ4n) is 2.21. The number of benzene rings is 1. The third kappa shape index (κ3) is 2.03. The normalized spacial score (nSPS) is 10.7. The van der Waals surface area contributed by atoms with E-state index in [4.69, 9.17) is 0 Å². The second-order valence-electron chi connectivity index (χ2n) is 4.60. The number of H-pyrrole nitrogens is 1. The Kier molecular flexibility index (Phi) is 2.95. The van der Waals surface area contributed by atoms with Gasteiger partial charge < -0.3 is 5.32 Å². The third-order valence-corrected chi connectivity index (χ3v) is 3.22. The van der Waals surface area contributed by atoms with Gasteiger partial charge in [-0.05, 0) is 37.3 Å². The Hall–Kier alpha value is -2.69. The van der Waals surface area contributed by atoms with E-state index in [2.05, 4.69) is 20.5 Å². The summed E-state index contributed by atoms with van der Waals surface area (Å²) in [5.74, 6) is -0.107. The predicted molar refractivity (Wildman–Crippen MR) is 77.5 cm³/mol. The van der Waals surface area contributed by atoms with Crippen LogP contribution < -0.4 is 5.32 Å². The molecule has 0 spiro atoms. The molecule has 0 atom stereocenters. The van der Waals surface area contributed by atoms with Crippen LogP contribution in [0.15, 0.2) is 36.5 Å². The van der Waals surface area contributed by atoms with E-state index in [1.165, 1.54) is 0 Å². The van der Waals surface area contributed by atoms with Gasteiger partial charge in [0.15, 0.2) is 0 Å². The number of fused-ring (bicyclic) bond motifs is 1. The van der Waals surface area contributed by atoms with Gasteiger partial charge in [0.25, 0.3) is 5.91 Å². The first-order chi connectivity index (χ1) is 9.69. The van der Waals surface area contributed by atoms with Crippen molar-refractivity contribution in [1.82, 2.24) is 20.5 Å². The van der Waals surface area contributed by atoms with E-state index in [0.29, 0.717) is 5.56 Å². The minimum atomic E-state index is -0.107. The zero-order valence-corrected chi connectivity index (χ0v) is 11.3. The number of hydrogen-bond donors (Lipinski definition) is 2. The van der Waals surface area contributed by atoms with Crippen molar-refractivity contribution in [3.05, 3.63) is 47.8 Å². The number of hydrogen-bond acceptors (Lipinski definition) is 3. The number of amides is 1. The van der Waals surface area contributed by atoms with Gasteiger partial charge in [0.1, 0.15) is 5.69 Å². The maximum atomic E-state index is 11.7. The van der Waals surface area contributed by atoms with Crippen LogP contribution in [0.1, 0.15) is 16.1 Å². The summed E-state index contributed by atoms with van der Waals surface area (Å²) < 4.78 is 0. The van der Waals surface area contributed by atoms with Gasteiger partial charge in [-0.1, -0.05) is 0 Å². The van der Waals surface area contributed by atoms with Gasteiger partial charge in [-0.15, -0.1) is 0 Å². The van der Waals surface area contributed by atoms with Gasteiger partial charge in [-0.25, -0.2) is 0 Å². The molecule has 1 aromatic carbocycles. The second-order valence-corrected chi connectivity index (χ2v) is 4.60. The lowest BCUT2D eigenvalue weighted by molar-refractivity contribution is 0.0963. The highest BCUT2D eigenvalue weighted by molar-refractivity contribution is 6.01. The first-order valence-corrected chi connectivity index (χ1v) is 6.32. The lowest BCUT2D eigenvalue weighted by atomic mass is 10.1. The van der Waals surface area contributed by atoms with E-state index in [1.807, 2.05) is 31.2 Å². The number of rotatable bonds is 2. The topological polar surface area (TPSA) is 70.7 Å². The van der Waals surface area contributed by atoms with Crippen LogP contribution in [0.2, 0.25) is 0 Å². The van der Waals surface area contributed by atoms with Crippen molar-refractivity contribution in [2.75, 3.05) is 7.05 Å². The second kappa shape index (κ2) is 4.77. The molecule has 1 amide bonds. The highest BCUT2D eigenvalue weighted by Gasteiger charge is 2.11. The minimum Gasteiger partial charge on any atom is -0.355 e. The number of aromatic amines is 1. The van der Waals surface area contributed by atoms with Crippen LogP contribution in [0.3, 0.4) is 0 Å². The summed E-state index contributed by atoms with van der Waals surface area (Å²) in [5, 5.41) is 10.9. The van der Waals surface area contributed by atoms with Crippen LogP contribution >= 0.6 is 0 Å². The summed E-state index contributed by atoms with van der Waals surface area (Å²) in [6.07, 6.45) is 1.76. The average molecular weight is 266 g/mol. The van der Waals surface area contributed by atoms with Gasteiger partial charge in [0.05, 0.1) is 5.52 Å². The number of carbonyl (C=O) groups excluding carboxylic acids is 1. The minimum absolute atomic E-state index is 0.107. The highest BCUT2D eigenvalue weighted by Crippen LogP contribution is 2.27. The van der Waals surface area contributed by atoms with Crippen molar-refractivity contribution in [3.8, 4) is 11.3 Å². The molecule has 20 heavy (non-hydrogen) atoms. The van der Waals surface area contributed by atoms with E-state index in [9.17, 15) is 4.79 Å². The van der Waals surface area contributed by atoms with Crippen LogP contribution in [0.5, 0.6) is 0 Å². The quantitative estimate of drug-likeness (QED) is 0.747. The molecule has 0 saturated heterocycles. The zero-order valence-electron chi connectivity index (χ0n) is 11.3. The van der Waals surface area contributed by atoms with Crippen molar-refractivity contribution in [3.63, 3.8) is 0 Å². The number of aromatic nitrogens is 3. The van der Waals surface area contributed by atoms with E-state index < -0.39 is 0 Å². The van der Waals surface area contributed by atoms with Crippen molar-refractivity contribution < 1.29 is 4.79 Å². The monoisotopic (exact) mass is 266 g/mol. The van der Waals surface area contributed by atoms with Gasteiger partial charge >= 0.3 is 0 Å². The molecular weight excluding hydrogens is 252 g/mol. The van der Waals surface area contributed by atoms with E-state index in [0.717, 1.165) is 27.9 Å². The van der Waals surface area contributed by atoms with E-state index >= 15 is 0 Å². The molecule has 0 aliphatic carbocycles. The molecule has 2 aromatic heterocycles. The summed E-state index contributed by atoms with van der Waals surface area (Å²) >= 11 is 0. The van der Waals surface area contributed by atoms with E-state index in [-0.39, 0.29) is 5.91 Å².